The maximum Gasteiger partial charge on any atom is 0.416 e. The second-order valence-corrected chi connectivity index (χ2v) is 6.19. The molecule has 0 saturated carbocycles. The monoisotopic (exact) mass is 386 g/mol. The van der Waals surface area contributed by atoms with Gasteiger partial charge in [-0.15, -0.1) is 0 Å². The van der Waals surface area contributed by atoms with Gasteiger partial charge in [-0.25, -0.2) is 0 Å². The molecule has 2 N–H and O–H groups in total. The lowest BCUT2D eigenvalue weighted by atomic mass is 10.1. The smallest absolute Gasteiger partial charge is 0.352 e. The van der Waals surface area contributed by atoms with Gasteiger partial charge in [-0.3, -0.25) is 9.59 Å². The lowest BCUT2D eigenvalue weighted by Gasteiger charge is -2.09. The summed E-state index contributed by atoms with van der Waals surface area (Å²) in [5, 5.41) is 7.12. The topological polar surface area (TPSA) is 58.2 Å². The number of amides is 2. The molecule has 3 rings (SSSR count). The Morgan fingerprint density at radius 2 is 1.54 bits per heavy atom. The Morgan fingerprint density at radius 3 is 2.21 bits per heavy atom. The molecule has 0 aromatic heterocycles. The van der Waals surface area contributed by atoms with E-state index in [4.69, 9.17) is 0 Å². The van der Waals surface area contributed by atoms with Crippen molar-refractivity contribution in [3.8, 4) is 0 Å². The zero-order valence-corrected chi connectivity index (χ0v) is 14.7. The average molecular weight is 386 g/mol. The van der Waals surface area contributed by atoms with Crippen LogP contribution < -0.4 is 10.6 Å². The van der Waals surface area contributed by atoms with Crippen LogP contribution in [0, 0.1) is 0 Å². The third kappa shape index (κ3) is 4.88. The number of hydrogen-bond donors (Lipinski definition) is 2. The molecule has 0 saturated heterocycles. The van der Waals surface area contributed by atoms with E-state index in [-0.39, 0.29) is 24.6 Å². The lowest BCUT2D eigenvalue weighted by Crippen LogP contribution is -2.27. The summed E-state index contributed by atoms with van der Waals surface area (Å²) in [5.74, 6) is -0.702. The third-order valence-corrected chi connectivity index (χ3v) is 4.15. The van der Waals surface area contributed by atoms with E-state index in [2.05, 4.69) is 10.6 Å². The minimum atomic E-state index is -4.42. The van der Waals surface area contributed by atoms with Crippen molar-refractivity contribution in [3.05, 3.63) is 77.9 Å². The molecule has 0 spiro atoms. The molecule has 0 bridgehead atoms. The maximum atomic E-state index is 12.5. The Hall–Kier alpha value is -3.35. The standard InChI is InChI=1S/C21H17F3N2O2/c22-21(23,24)17-7-9-18(10-8-17)26-19(27)11-12-25-20(28)16-6-5-14-3-1-2-4-15(14)13-16/h1-10,13H,11-12H2,(H,25,28)(H,26,27). The van der Waals surface area contributed by atoms with Crippen molar-refractivity contribution in [2.45, 2.75) is 12.6 Å². The van der Waals surface area contributed by atoms with Crippen molar-refractivity contribution >= 4 is 28.3 Å². The molecule has 0 unspecified atom stereocenters. The predicted molar refractivity (Wildman–Crippen MR) is 101 cm³/mol. The van der Waals surface area contributed by atoms with E-state index in [9.17, 15) is 22.8 Å². The molecule has 0 fully saturated rings. The number of benzene rings is 3. The van der Waals surface area contributed by atoms with Crippen LogP contribution in [-0.4, -0.2) is 18.4 Å². The van der Waals surface area contributed by atoms with Gasteiger partial charge in [0.2, 0.25) is 5.91 Å². The van der Waals surface area contributed by atoms with E-state index < -0.39 is 17.6 Å². The van der Waals surface area contributed by atoms with Gasteiger partial charge in [-0.1, -0.05) is 30.3 Å². The summed E-state index contributed by atoms with van der Waals surface area (Å²) in [7, 11) is 0. The van der Waals surface area contributed by atoms with Crippen LogP contribution in [0.2, 0.25) is 0 Å². The van der Waals surface area contributed by atoms with Crippen LogP contribution in [0.15, 0.2) is 66.7 Å². The Balaban J connectivity index is 1.49. The van der Waals surface area contributed by atoms with Gasteiger partial charge < -0.3 is 10.6 Å². The van der Waals surface area contributed by atoms with Gasteiger partial charge in [0.25, 0.3) is 5.91 Å². The molecule has 0 atom stereocenters. The summed E-state index contributed by atoms with van der Waals surface area (Å²) in [6, 6.07) is 17.2. The zero-order chi connectivity index (χ0) is 20.1. The lowest BCUT2D eigenvalue weighted by molar-refractivity contribution is -0.137. The number of alkyl halides is 3. The molecule has 28 heavy (non-hydrogen) atoms. The van der Waals surface area contributed by atoms with Crippen LogP contribution in [0.4, 0.5) is 18.9 Å². The highest BCUT2D eigenvalue weighted by molar-refractivity contribution is 5.99. The molecule has 0 aliphatic heterocycles. The Bertz CT molecular complexity index is 998. The van der Waals surface area contributed by atoms with Gasteiger partial charge in [0.15, 0.2) is 0 Å². The molecule has 0 aliphatic rings. The van der Waals surface area contributed by atoms with Crippen LogP contribution in [0.3, 0.4) is 0 Å². The maximum absolute atomic E-state index is 12.5. The van der Waals surface area contributed by atoms with Gasteiger partial charge >= 0.3 is 6.18 Å². The highest BCUT2D eigenvalue weighted by Crippen LogP contribution is 2.29. The molecule has 3 aromatic carbocycles. The van der Waals surface area contributed by atoms with Crippen molar-refractivity contribution < 1.29 is 22.8 Å². The molecule has 144 valence electrons. The number of halogens is 3. The number of carbonyl (C=O) groups is 2. The van der Waals surface area contributed by atoms with Crippen LogP contribution in [0.5, 0.6) is 0 Å². The normalized spacial score (nSPS) is 11.2. The molecule has 7 heteroatoms. The number of rotatable bonds is 5. The summed E-state index contributed by atoms with van der Waals surface area (Å²) in [4.78, 5) is 24.1. The minimum Gasteiger partial charge on any atom is -0.352 e. The van der Waals surface area contributed by atoms with Crippen molar-refractivity contribution in [3.63, 3.8) is 0 Å². The zero-order valence-electron chi connectivity index (χ0n) is 14.7. The SMILES string of the molecule is O=C(CCNC(=O)c1ccc2ccccc2c1)Nc1ccc(C(F)(F)F)cc1. The van der Waals surface area contributed by atoms with Crippen molar-refractivity contribution in [2.75, 3.05) is 11.9 Å². The Kier molecular flexibility index (Phi) is 5.63. The molecular weight excluding hydrogens is 369 g/mol. The average Bonchev–Trinajstić information content (AvgIpc) is 2.67. The number of carbonyl (C=O) groups excluding carboxylic acids is 2. The fraction of sp³-hybridized carbons (Fsp3) is 0.143. The fourth-order valence-corrected chi connectivity index (χ4v) is 2.69. The number of hydrogen-bond acceptors (Lipinski definition) is 2. The largest absolute Gasteiger partial charge is 0.416 e. The van der Waals surface area contributed by atoms with Crippen LogP contribution in [-0.2, 0) is 11.0 Å². The minimum absolute atomic E-state index is 0.000341. The van der Waals surface area contributed by atoms with E-state index in [1.54, 1.807) is 12.1 Å². The first-order valence-corrected chi connectivity index (χ1v) is 8.57. The first-order chi connectivity index (χ1) is 13.3. The van der Waals surface area contributed by atoms with Gasteiger partial charge in [0.1, 0.15) is 0 Å². The highest BCUT2D eigenvalue weighted by atomic mass is 19.4. The summed E-state index contributed by atoms with van der Waals surface area (Å²) >= 11 is 0. The Labute approximate surface area is 159 Å². The number of anilines is 1. The van der Waals surface area contributed by atoms with Gasteiger partial charge in [-0.2, -0.15) is 13.2 Å². The molecule has 0 heterocycles. The first-order valence-electron chi connectivity index (χ1n) is 8.57. The van der Waals surface area contributed by atoms with Crippen LogP contribution >= 0.6 is 0 Å². The Morgan fingerprint density at radius 1 is 0.857 bits per heavy atom. The summed E-state index contributed by atoms with van der Waals surface area (Å²) in [5.41, 5.74) is -0.0335. The van der Waals surface area contributed by atoms with E-state index >= 15 is 0 Å². The molecule has 4 nitrogen and oxygen atoms in total. The highest BCUT2D eigenvalue weighted by Gasteiger charge is 2.29. The summed E-state index contributed by atoms with van der Waals surface area (Å²) in [6.45, 7) is 0.109. The molecule has 0 radical (unpaired) electrons. The van der Waals surface area contributed by atoms with E-state index in [0.29, 0.717) is 5.56 Å². The molecule has 0 aliphatic carbocycles. The number of nitrogens with one attached hydrogen (secondary N) is 2. The van der Waals surface area contributed by atoms with E-state index in [0.717, 1.165) is 22.9 Å². The molecule has 3 aromatic rings. The van der Waals surface area contributed by atoms with Gasteiger partial charge in [0, 0.05) is 24.2 Å². The van der Waals surface area contributed by atoms with E-state index in [1.165, 1.54) is 12.1 Å². The molecular formula is C21H17F3N2O2. The second-order valence-electron chi connectivity index (χ2n) is 6.19. The quantitative estimate of drug-likeness (QED) is 0.672. The fourth-order valence-electron chi connectivity index (χ4n) is 2.69. The van der Waals surface area contributed by atoms with E-state index in [1.807, 2.05) is 30.3 Å². The summed E-state index contributed by atoms with van der Waals surface area (Å²) < 4.78 is 37.6. The van der Waals surface area contributed by atoms with Gasteiger partial charge in [-0.05, 0) is 47.2 Å². The van der Waals surface area contributed by atoms with Crippen molar-refractivity contribution in [2.24, 2.45) is 0 Å². The molecule has 2 amide bonds. The van der Waals surface area contributed by atoms with Crippen molar-refractivity contribution in [1.82, 2.24) is 5.32 Å². The summed E-state index contributed by atoms with van der Waals surface area (Å²) in [6.07, 6.45) is -4.42. The second kappa shape index (κ2) is 8.12. The van der Waals surface area contributed by atoms with Crippen LogP contribution in [0.25, 0.3) is 10.8 Å². The van der Waals surface area contributed by atoms with Gasteiger partial charge in [0.05, 0.1) is 5.56 Å². The first kappa shape index (κ1) is 19.4. The predicted octanol–water partition coefficient (Wildman–Crippen LogP) is 4.62. The number of fused-ring (bicyclic) bond motifs is 1. The van der Waals surface area contributed by atoms with Crippen LogP contribution in [0.1, 0.15) is 22.3 Å². The third-order valence-electron chi connectivity index (χ3n) is 4.15. The van der Waals surface area contributed by atoms with Crippen molar-refractivity contribution in [1.29, 1.82) is 0 Å².